The molecule has 0 aromatic heterocycles. The molecule has 0 fully saturated rings. The molecule has 0 amide bonds. The van der Waals surface area contributed by atoms with E-state index in [1.807, 2.05) is 0 Å². The third-order valence-electron chi connectivity index (χ3n) is 0.892. The predicted molar refractivity (Wildman–Crippen MR) is 49.6 cm³/mol. The molecule has 0 aromatic rings. The summed E-state index contributed by atoms with van der Waals surface area (Å²) in [6.45, 7) is 8.77. The summed E-state index contributed by atoms with van der Waals surface area (Å²) >= 11 is 0.300. The normalized spacial score (nSPS) is 7.50. The van der Waals surface area contributed by atoms with Crippen LogP contribution in [0.1, 0.15) is 26.7 Å². The molecule has 0 spiro atoms. The van der Waals surface area contributed by atoms with E-state index in [1.54, 1.807) is 0 Å². The SMILES string of the molecule is C=C([O-])CC(C)=O.C=C([O-])CC(C)=O.[O]=[Zr+2]. The van der Waals surface area contributed by atoms with Crippen molar-refractivity contribution in [1.29, 1.82) is 0 Å². The van der Waals surface area contributed by atoms with E-state index in [0.717, 1.165) is 0 Å². The minimum absolute atomic E-state index is 0.0278. The average molecular weight is 305 g/mol. The molecular formula is C10H14O5Zr. The summed E-state index contributed by atoms with van der Waals surface area (Å²) in [5.41, 5.74) is 0. The Bertz CT molecular complexity index is 210. The molecule has 0 unspecified atom stereocenters. The van der Waals surface area contributed by atoms with Crippen LogP contribution >= 0.6 is 0 Å². The molecule has 0 heterocycles. The predicted octanol–water partition coefficient (Wildman–Crippen LogP) is -0.442. The first-order valence-electron chi connectivity index (χ1n) is 4.14. The molecule has 0 saturated heterocycles. The van der Waals surface area contributed by atoms with Crippen molar-refractivity contribution >= 4 is 11.6 Å². The van der Waals surface area contributed by atoms with Gasteiger partial charge in [0.25, 0.3) is 0 Å². The standard InChI is InChI=1S/2C5H8O2.O.Zr/c2*1-4(6)3-5(2)7;;/h2*6H,1,3H2,2H3;;/q;;;+2/p-2. The van der Waals surface area contributed by atoms with E-state index in [2.05, 4.69) is 13.2 Å². The Labute approximate surface area is 110 Å². The molecule has 0 bridgehead atoms. The quantitative estimate of drug-likeness (QED) is 0.656. The number of carbonyl (C=O) groups excluding carboxylic acids is 2. The van der Waals surface area contributed by atoms with Gasteiger partial charge in [0.2, 0.25) is 0 Å². The molecular weight excluding hydrogens is 291 g/mol. The van der Waals surface area contributed by atoms with Gasteiger partial charge in [-0.05, 0) is 13.8 Å². The molecule has 0 atom stereocenters. The Morgan fingerprint density at radius 1 is 0.938 bits per heavy atom. The van der Waals surface area contributed by atoms with Crippen molar-refractivity contribution in [3.05, 3.63) is 24.7 Å². The average Bonchev–Trinajstić information content (AvgIpc) is 2.03. The Balaban J connectivity index is -0.000000183. The zero-order chi connectivity index (χ0) is 13.7. The van der Waals surface area contributed by atoms with Gasteiger partial charge >= 0.3 is 27.5 Å². The third kappa shape index (κ3) is 38.0. The second-order valence-electron chi connectivity index (χ2n) is 2.83. The first-order valence-corrected chi connectivity index (χ1v) is 5.15. The Morgan fingerprint density at radius 3 is 1.12 bits per heavy atom. The van der Waals surface area contributed by atoms with Crippen molar-refractivity contribution in [2.75, 3.05) is 0 Å². The van der Waals surface area contributed by atoms with Crippen LogP contribution in [0, 0.1) is 0 Å². The molecule has 16 heavy (non-hydrogen) atoms. The van der Waals surface area contributed by atoms with Crippen LogP contribution < -0.4 is 10.2 Å². The second-order valence-corrected chi connectivity index (χ2v) is 2.83. The molecule has 0 aliphatic carbocycles. The van der Waals surface area contributed by atoms with Crippen LogP contribution in [0.15, 0.2) is 24.7 Å². The monoisotopic (exact) mass is 304 g/mol. The fourth-order valence-corrected chi connectivity index (χ4v) is 0.555. The fraction of sp³-hybridized carbons (Fsp3) is 0.400. The number of Topliss-reactive ketones (excluding diaryl/α,β-unsaturated/α-hetero) is 2. The van der Waals surface area contributed by atoms with Gasteiger partial charge in [0.15, 0.2) is 0 Å². The van der Waals surface area contributed by atoms with Crippen LogP contribution in [-0.2, 0) is 37.1 Å². The van der Waals surface area contributed by atoms with Gasteiger partial charge in [-0.1, -0.05) is 0 Å². The van der Waals surface area contributed by atoms with E-state index in [1.165, 1.54) is 13.8 Å². The topological polar surface area (TPSA) is 97.3 Å². The molecule has 0 rings (SSSR count). The molecule has 6 heteroatoms. The van der Waals surface area contributed by atoms with Gasteiger partial charge in [-0.15, -0.1) is 24.7 Å². The number of carbonyl (C=O) groups is 2. The van der Waals surface area contributed by atoms with Crippen molar-refractivity contribution in [2.45, 2.75) is 26.7 Å². The van der Waals surface area contributed by atoms with Crippen LogP contribution in [0.3, 0.4) is 0 Å². The minimum atomic E-state index is -0.312. The van der Waals surface area contributed by atoms with Crippen LogP contribution in [0.2, 0.25) is 0 Å². The number of hydrogen-bond donors (Lipinski definition) is 0. The van der Waals surface area contributed by atoms with Crippen molar-refractivity contribution in [2.24, 2.45) is 0 Å². The Hall–Kier alpha value is -0.897. The van der Waals surface area contributed by atoms with Gasteiger partial charge < -0.3 is 10.2 Å². The van der Waals surface area contributed by atoms with Crippen LogP contribution in [-0.4, -0.2) is 11.6 Å². The Morgan fingerprint density at radius 2 is 1.12 bits per heavy atom. The summed E-state index contributed by atoms with van der Waals surface area (Å²) < 4.78 is 8.34. The number of rotatable bonds is 4. The molecule has 0 radical (unpaired) electrons. The summed E-state index contributed by atoms with van der Waals surface area (Å²) in [6.07, 6.45) is -0.0556. The van der Waals surface area contributed by atoms with E-state index in [4.69, 9.17) is 2.81 Å². The summed E-state index contributed by atoms with van der Waals surface area (Å²) in [6, 6.07) is 0. The molecule has 5 nitrogen and oxygen atoms in total. The first kappa shape index (κ1) is 20.5. The van der Waals surface area contributed by atoms with Gasteiger partial charge in [0, 0.05) is 12.8 Å². The van der Waals surface area contributed by atoms with E-state index >= 15 is 0 Å². The van der Waals surface area contributed by atoms with Crippen LogP contribution in [0.5, 0.6) is 0 Å². The van der Waals surface area contributed by atoms with Crippen molar-refractivity contribution in [3.63, 3.8) is 0 Å². The summed E-state index contributed by atoms with van der Waals surface area (Å²) in [5.74, 6) is -0.875. The number of allylic oxidation sites excluding steroid dienone is 2. The maximum absolute atomic E-state index is 9.99. The van der Waals surface area contributed by atoms with E-state index in [0.29, 0.717) is 24.7 Å². The van der Waals surface area contributed by atoms with Gasteiger partial charge in [0.05, 0.1) is 0 Å². The van der Waals surface area contributed by atoms with Crippen molar-refractivity contribution in [3.8, 4) is 0 Å². The number of hydrogen-bond acceptors (Lipinski definition) is 5. The van der Waals surface area contributed by atoms with Crippen LogP contribution in [0.4, 0.5) is 0 Å². The molecule has 0 aliphatic rings. The summed E-state index contributed by atoms with van der Waals surface area (Å²) in [7, 11) is 0. The molecule has 0 aromatic carbocycles. The zero-order valence-corrected chi connectivity index (χ0v) is 11.8. The summed E-state index contributed by atoms with van der Waals surface area (Å²) in [5, 5.41) is 19.8. The van der Waals surface area contributed by atoms with E-state index < -0.39 is 0 Å². The molecule has 0 aliphatic heterocycles. The van der Waals surface area contributed by atoms with Gasteiger partial charge in [-0.25, -0.2) is 0 Å². The van der Waals surface area contributed by atoms with Gasteiger partial charge in [-0.3, -0.25) is 9.59 Å². The molecule has 0 N–H and O–H groups in total. The fourth-order valence-electron chi connectivity index (χ4n) is 0.555. The third-order valence-corrected chi connectivity index (χ3v) is 0.892. The molecule has 0 saturated carbocycles. The van der Waals surface area contributed by atoms with E-state index in [-0.39, 0.29) is 35.9 Å². The molecule has 88 valence electrons. The van der Waals surface area contributed by atoms with Gasteiger partial charge in [0.1, 0.15) is 11.6 Å². The zero-order valence-electron chi connectivity index (χ0n) is 9.37. The van der Waals surface area contributed by atoms with Gasteiger partial charge in [-0.2, -0.15) is 0 Å². The second kappa shape index (κ2) is 14.1. The summed E-state index contributed by atoms with van der Waals surface area (Å²) in [4.78, 5) is 20.0. The number of ketones is 2. The van der Waals surface area contributed by atoms with Crippen LogP contribution in [0.25, 0.3) is 0 Å². The Kier molecular flexibility index (Phi) is 18.1. The van der Waals surface area contributed by atoms with Crippen molar-refractivity contribution in [1.82, 2.24) is 0 Å². The van der Waals surface area contributed by atoms with Crippen molar-refractivity contribution < 1.29 is 47.3 Å². The maximum atomic E-state index is 9.99. The first-order chi connectivity index (χ1) is 7.25. The van der Waals surface area contributed by atoms with E-state index in [9.17, 15) is 19.8 Å².